The fraction of sp³-hybridized carbons (Fsp3) is 0.500. The van der Waals surface area contributed by atoms with Crippen LogP contribution in [0.2, 0.25) is 0 Å². The van der Waals surface area contributed by atoms with Gasteiger partial charge in [-0.2, -0.15) is 0 Å². The lowest BCUT2D eigenvalue weighted by Crippen LogP contribution is -2.33. The fourth-order valence-corrected chi connectivity index (χ4v) is 3.52. The Morgan fingerprint density at radius 2 is 1.95 bits per heavy atom. The molecule has 1 aliphatic heterocycles. The van der Waals surface area contributed by atoms with Crippen LogP contribution in [0.3, 0.4) is 0 Å². The van der Waals surface area contributed by atoms with E-state index in [0.717, 1.165) is 49.4 Å². The lowest BCUT2D eigenvalue weighted by molar-refractivity contribution is -0.134. The molecule has 22 heavy (non-hydrogen) atoms. The largest absolute Gasteiger partial charge is 0.493 e. The summed E-state index contributed by atoms with van der Waals surface area (Å²) in [5, 5.41) is 0. The van der Waals surface area contributed by atoms with Crippen LogP contribution in [0.1, 0.15) is 30.7 Å². The quantitative estimate of drug-likeness (QED) is 0.803. The summed E-state index contributed by atoms with van der Waals surface area (Å²) in [5.41, 5.74) is 1.14. The van der Waals surface area contributed by atoms with Gasteiger partial charge in [-0.1, -0.05) is 24.3 Å². The topological polar surface area (TPSA) is 38.8 Å². The van der Waals surface area contributed by atoms with Crippen molar-refractivity contribution in [2.75, 3.05) is 27.3 Å². The molecule has 0 saturated carbocycles. The zero-order valence-corrected chi connectivity index (χ0v) is 13.2. The summed E-state index contributed by atoms with van der Waals surface area (Å²) in [7, 11) is 3.32. The summed E-state index contributed by atoms with van der Waals surface area (Å²) >= 11 is 0. The van der Waals surface area contributed by atoms with E-state index in [9.17, 15) is 4.79 Å². The molecule has 1 aromatic carbocycles. The van der Waals surface area contributed by atoms with E-state index >= 15 is 0 Å². The van der Waals surface area contributed by atoms with Crippen LogP contribution in [0.25, 0.3) is 0 Å². The Morgan fingerprint density at radius 1 is 1.18 bits per heavy atom. The second-order valence-corrected chi connectivity index (χ2v) is 5.99. The number of methoxy groups -OCH3 is 2. The van der Waals surface area contributed by atoms with Crippen molar-refractivity contribution >= 4 is 5.91 Å². The highest BCUT2D eigenvalue weighted by Crippen LogP contribution is 2.39. The number of nitrogens with zero attached hydrogens (tertiary/aromatic N) is 1. The molecule has 0 spiro atoms. The summed E-state index contributed by atoms with van der Waals surface area (Å²) in [6.07, 6.45) is 6.99. The van der Waals surface area contributed by atoms with Crippen molar-refractivity contribution < 1.29 is 14.3 Å². The molecule has 2 aliphatic rings. The van der Waals surface area contributed by atoms with Crippen molar-refractivity contribution in [1.82, 2.24) is 4.90 Å². The SMILES string of the molecule is COc1cccc([C@H]2CCN(C(=O)C3CC=CC3)C2)c1OC. The minimum Gasteiger partial charge on any atom is -0.493 e. The van der Waals surface area contributed by atoms with Gasteiger partial charge in [0.2, 0.25) is 5.91 Å². The lowest BCUT2D eigenvalue weighted by Gasteiger charge is -2.21. The van der Waals surface area contributed by atoms with Crippen molar-refractivity contribution in [3.05, 3.63) is 35.9 Å². The fourth-order valence-electron chi connectivity index (χ4n) is 3.52. The van der Waals surface area contributed by atoms with Gasteiger partial charge >= 0.3 is 0 Å². The first-order chi connectivity index (χ1) is 10.7. The first kappa shape index (κ1) is 14.9. The Balaban J connectivity index is 1.74. The molecule has 1 aliphatic carbocycles. The number of para-hydroxylation sites is 1. The molecule has 0 radical (unpaired) electrons. The van der Waals surface area contributed by atoms with E-state index in [-0.39, 0.29) is 5.92 Å². The van der Waals surface area contributed by atoms with Crippen molar-refractivity contribution in [3.8, 4) is 11.5 Å². The number of hydrogen-bond acceptors (Lipinski definition) is 3. The van der Waals surface area contributed by atoms with Crippen LogP contribution in [0.5, 0.6) is 11.5 Å². The molecule has 118 valence electrons. The standard InChI is InChI=1S/C18H23NO3/c1-21-16-9-5-8-15(17(16)22-2)14-10-11-19(12-14)18(20)13-6-3-4-7-13/h3-5,8-9,13-14H,6-7,10-12H2,1-2H3/t14-/m0/s1. The number of amides is 1. The van der Waals surface area contributed by atoms with Gasteiger partial charge in [0, 0.05) is 30.5 Å². The lowest BCUT2D eigenvalue weighted by atomic mass is 9.97. The van der Waals surface area contributed by atoms with E-state index in [2.05, 4.69) is 18.2 Å². The first-order valence-electron chi connectivity index (χ1n) is 7.89. The second-order valence-electron chi connectivity index (χ2n) is 5.99. The van der Waals surface area contributed by atoms with Crippen LogP contribution in [0.15, 0.2) is 30.4 Å². The predicted octanol–water partition coefficient (Wildman–Crippen LogP) is 2.99. The van der Waals surface area contributed by atoms with Gasteiger partial charge in [0.15, 0.2) is 11.5 Å². The molecule has 1 atom stereocenters. The average molecular weight is 301 g/mol. The van der Waals surface area contributed by atoms with Gasteiger partial charge in [0.1, 0.15) is 0 Å². The number of allylic oxidation sites excluding steroid dienone is 2. The van der Waals surface area contributed by atoms with Gasteiger partial charge in [-0.25, -0.2) is 0 Å². The van der Waals surface area contributed by atoms with Crippen LogP contribution in [-0.2, 0) is 4.79 Å². The van der Waals surface area contributed by atoms with Gasteiger partial charge in [-0.05, 0) is 25.3 Å². The normalized spacial score (nSPS) is 21.4. The summed E-state index contributed by atoms with van der Waals surface area (Å²) < 4.78 is 10.9. The van der Waals surface area contributed by atoms with E-state index in [0.29, 0.717) is 11.8 Å². The van der Waals surface area contributed by atoms with E-state index in [4.69, 9.17) is 9.47 Å². The van der Waals surface area contributed by atoms with Gasteiger partial charge in [0.25, 0.3) is 0 Å². The van der Waals surface area contributed by atoms with Gasteiger partial charge < -0.3 is 14.4 Å². The maximum atomic E-state index is 12.5. The minimum atomic E-state index is 0.158. The summed E-state index contributed by atoms with van der Waals surface area (Å²) in [6, 6.07) is 5.98. The van der Waals surface area contributed by atoms with Gasteiger partial charge in [-0.15, -0.1) is 0 Å². The third-order valence-electron chi connectivity index (χ3n) is 4.73. The van der Waals surface area contributed by atoms with Crippen LogP contribution in [0, 0.1) is 5.92 Å². The van der Waals surface area contributed by atoms with Gasteiger partial charge in [-0.3, -0.25) is 4.79 Å². The van der Waals surface area contributed by atoms with E-state index in [1.165, 1.54) is 0 Å². The zero-order chi connectivity index (χ0) is 15.5. The zero-order valence-electron chi connectivity index (χ0n) is 13.2. The van der Waals surface area contributed by atoms with Crippen molar-refractivity contribution in [2.24, 2.45) is 5.92 Å². The number of hydrogen-bond donors (Lipinski definition) is 0. The summed E-state index contributed by atoms with van der Waals surface area (Å²) in [5.74, 6) is 2.33. The molecule has 4 nitrogen and oxygen atoms in total. The molecular formula is C18H23NO3. The van der Waals surface area contributed by atoms with E-state index < -0.39 is 0 Å². The second kappa shape index (κ2) is 6.42. The monoisotopic (exact) mass is 301 g/mol. The van der Waals surface area contributed by atoms with Crippen LogP contribution in [-0.4, -0.2) is 38.1 Å². The first-order valence-corrected chi connectivity index (χ1v) is 7.89. The maximum absolute atomic E-state index is 12.5. The molecule has 1 fully saturated rings. The number of benzene rings is 1. The molecule has 1 heterocycles. The molecule has 0 N–H and O–H groups in total. The summed E-state index contributed by atoms with van der Waals surface area (Å²) in [4.78, 5) is 14.5. The highest BCUT2D eigenvalue weighted by atomic mass is 16.5. The molecular weight excluding hydrogens is 278 g/mol. The van der Waals surface area contributed by atoms with Crippen LogP contribution >= 0.6 is 0 Å². The highest BCUT2D eigenvalue weighted by molar-refractivity contribution is 5.80. The third-order valence-corrected chi connectivity index (χ3v) is 4.73. The Bertz CT molecular complexity index is 574. The van der Waals surface area contributed by atoms with E-state index in [1.807, 2.05) is 17.0 Å². The molecule has 0 bridgehead atoms. The number of ether oxygens (including phenoxy) is 2. The number of carbonyl (C=O) groups excluding carboxylic acids is 1. The van der Waals surface area contributed by atoms with Crippen molar-refractivity contribution in [2.45, 2.75) is 25.2 Å². The molecule has 4 heteroatoms. The Hall–Kier alpha value is -1.97. The highest BCUT2D eigenvalue weighted by Gasteiger charge is 2.33. The molecule has 3 rings (SSSR count). The smallest absolute Gasteiger partial charge is 0.226 e. The third kappa shape index (κ3) is 2.70. The minimum absolute atomic E-state index is 0.158. The molecule has 0 aromatic heterocycles. The molecule has 0 unspecified atom stereocenters. The van der Waals surface area contributed by atoms with Crippen LogP contribution < -0.4 is 9.47 Å². The molecule has 1 aromatic rings. The average Bonchev–Trinajstić information content (AvgIpc) is 3.24. The summed E-state index contributed by atoms with van der Waals surface area (Å²) in [6.45, 7) is 1.61. The Kier molecular flexibility index (Phi) is 4.36. The molecule has 1 saturated heterocycles. The van der Waals surface area contributed by atoms with Crippen molar-refractivity contribution in [1.29, 1.82) is 0 Å². The number of rotatable bonds is 4. The Morgan fingerprint density at radius 3 is 2.64 bits per heavy atom. The maximum Gasteiger partial charge on any atom is 0.226 e. The molecule has 1 amide bonds. The van der Waals surface area contributed by atoms with E-state index in [1.54, 1.807) is 14.2 Å². The van der Waals surface area contributed by atoms with Crippen molar-refractivity contribution in [3.63, 3.8) is 0 Å². The van der Waals surface area contributed by atoms with Gasteiger partial charge in [0.05, 0.1) is 14.2 Å². The van der Waals surface area contributed by atoms with Crippen LogP contribution in [0.4, 0.5) is 0 Å². The Labute approximate surface area is 131 Å². The predicted molar refractivity (Wildman–Crippen MR) is 85.3 cm³/mol. The number of likely N-dealkylation sites (tertiary alicyclic amines) is 1. The number of carbonyl (C=O) groups is 1.